The highest BCUT2D eigenvalue weighted by atomic mass is 16.5. The van der Waals surface area contributed by atoms with Crippen LogP contribution in [0.3, 0.4) is 0 Å². The van der Waals surface area contributed by atoms with Gasteiger partial charge in [-0.15, -0.1) is 0 Å². The van der Waals surface area contributed by atoms with Crippen LogP contribution in [0.4, 0.5) is 0 Å². The van der Waals surface area contributed by atoms with E-state index < -0.39 is 11.8 Å². The number of furan rings is 1. The van der Waals surface area contributed by atoms with Crippen LogP contribution in [0.1, 0.15) is 23.8 Å². The van der Waals surface area contributed by atoms with Gasteiger partial charge in [-0.2, -0.15) is 0 Å². The van der Waals surface area contributed by atoms with E-state index in [4.69, 9.17) is 9.15 Å². The van der Waals surface area contributed by atoms with Crippen molar-refractivity contribution in [3.05, 3.63) is 60.1 Å². The molecule has 7 heteroatoms. The normalized spacial score (nSPS) is 15.7. The molecule has 1 saturated heterocycles. The Bertz CT molecular complexity index is 727. The highest BCUT2D eigenvalue weighted by Crippen LogP contribution is 2.10. The third-order valence-corrected chi connectivity index (χ3v) is 4.96. The van der Waals surface area contributed by atoms with Gasteiger partial charge in [-0.05, 0) is 30.5 Å². The van der Waals surface area contributed by atoms with Crippen molar-refractivity contribution < 1.29 is 23.6 Å². The molecule has 2 amide bonds. The molecule has 0 aliphatic carbocycles. The molecule has 7 nitrogen and oxygen atoms in total. The Kier molecular flexibility index (Phi) is 7.63. The van der Waals surface area contributed by atoms with Crippen molar-refractivity contribution in [2.24, 2.45) is 0 Å². The maximum atomic E-state index is 12.2. The van der Waals surface area contributed by atoms with Gasteiger partial charge in [0.05, 0.1) is 26.0 Å². The lowest BCUT2D eigenvalue weighted by atomic mass is 10.1. The van der Waals surface area contributed by atoms with Crippen molar-refractivity contribution in [1.29, 1.82) is 0 Å². The van der Waals surface area contributed by atoms with Crippen molar-refractivity contribution in [1.82, 2.24) is 10.6 Å². The Morgan fingerprint density at radius 1 is 1.00 bits per heavy atom. The molecule has 1 atom stereocenters. The Labute approximate surface area is 165 Å². The number of carbonyl (C=O) groups excluding carboxylic acids is 2. The molecule has 0 spiro atoms. The number of amides is 2. The number of quaternary nitrogens is 1. The smallest absolute Gasteiger partial charge is 0.309 e. The van der Waals surface area contributed by atoms with Crippen LogP contribution in [-0.4, -0.2) is 51.2 Å². The minimum Gasteiger partial charge on any atom is -0.463 e. The lowest BCUT2D eigenvalue weighted by Gasteiger charge is -2.30. The summed E-state index contributed by atoms with van der Waals surface area (Å²) in [5, 5.41) is 5.44. The van der Waals surface area contributed by atoms with Gasteiger partial charge < -0.3 is 24.7 Å². The lowest BCUT2D eigenvalue weighted by molar-refractivity contribution is -0.938. The van der Waals surface area contributed by atoms with E-state index in [9.17, 15) is 9.59 Å². The van der Waals surface area contributed by atoms with Gasteiger partial charge in [0.25, 0.3) is 0 Å². The second kappa shape index (κ2) is 10.6. The van der Waals surface area contributed by atoms with E-state index in [-0.39, 0.29) is 6.04 Å². The zero-order valence-electron chi connectivity index (χ0n) is 16.0. The van der Waals surface area contributed by atoms with Crippen molar-refractivity contribution >= 4 is 11.8 Å². The number of rotatable bonds is 8. The first-order valence-corrected chi connectivity index (χ1v) is 9.79. The SMILES string of the molecule is O=C(NCCCc1ccccc1)C(=O)NC[C@H](c1ccco1)[NH+]1CCOCC1. The Morgan fingerprint density at radius 2 is 1.75 bits per heavy atom. The molecule has 1 aromatic carbocycles. The topological polar surface area (TPSA) is 85.0 Å². The van der Waals surface area contributed by atoms with Crippen molar-refractivity contribution in [2.75, 3.05) is 39.4 Å². The van der Waals surface area contributed by atoms with Gasteiger partial charge in [-0.3, -0.25) is 9.59 Å². The van der Waals surface area contributed by atoms with Crippen LogP contribution in [-0.2, 0) is 20.7 Å². The average Bonchev–Trinajstić information content (AvgIpc) is 3.27. The minimum absolute atomic E-state index is 0.0336. The maximum absolute atomic E-state index is 12.2. The second-order valence-corrected chi connectivity index (χ2v) is 6.89. The third kappa shape index (κ3) is 5.94. The molecule has 0 unspecified atom stereocenters. The lowest BCUT2D eigenvalue weighted by Crippen LogP contribution is -3.15. The first-order valence-electron chi connectivity index (χ1n) is 9.79. The van der Waals surface area contributed by atoms with Crippen LogP contribution in [0.2, 0.25) is 0 Å². The quantitative estimate of drug-likeness (QED) is 0.444. The van der Waals surface area contributed by atoms with Crippen molar-refractivity contribution in [2.45, 2.75) is 18.9 Å². The molecule has 1 aromatic heterocycles. The van der Waals surface area contributed by atoms with E-state index in [1.807, 2.05) is 30.3 Å². The van der Waals surface area contributed by atoms with Crippen LogP contribution in [0, 0.1) is 0 Å². The summed E-state index contributed by atoms with van der Waals surface area (Å²) < 4.78 is 11.0. The van der Waals surface area contributed by atoms with Crippen LogP contribution in [0.15, 0.2) is 53.1 Å². The largest absolute Gasteiger partial charge is 0.463 e. The van der Waals surface area contributed by atoms with Gasteiger partial charge in [0.15, 0.2) is 11.8 Å². The molecule has 3 rings (SSSR count). The summed E-state index contributed by atoms with van der Waals surface area (Å²) in [6.45, 7) is 3.86. The number of benzene rings is 1. The molecule has 1 fully saturated rings. The summed E-state index contributed by atoms with van der Waals surface area (Å²) in [6, 6.07) is 13.8. The molecule has 150 valence electrons. The fraction of sp³-hybridized carbons (Fsp3) is 0.429. The summed E-state index contributed by atoms with van der Waals surface area (Å²) in [7, 11) is 0. The highest BCUT2D eigenvalue weighted by Gasteiger charge is 2.29. The Balaban J connectivity index is 1.42. The maximum Gasteiger partial charge on any atom is 0.309 e. The number of nitrogens with one attached hydrogen (secondary N) is 3. The first-order chi connectivity index (χ1) is 13.7. The summed E-state index contributed by atoms with van der Waals surface area (Å²) >= 11 is 0. The molecule has 28 heavy (non-hydrogen) atoms. The zero-order chi connectivity index (χ0) is 19.6. The Hall–Kier alpha value is -2.64. The monoisotopic (exact) mass is 386 g/mol. The number of carbonyl (C=O) groups is 2. The van der Waals surface area contributed by atoms with Crippen LogP contribution >= 0.6 is 0 Å². The standard InChI is InChI=1S/C21H27N3O4/c25-20(22-10-4-8-17-6-2-1-3-7-17)21(26)23-16-18(19-9-5-13-28-19)24-11-14-27-15-12-24/h1-3,5-7,9,13,18H,4,8,10-12,14-16H2,(H,22,25)(H,23,26)/p+1/t18-/m1/s1. The molecule has 1 aliphatic heterocycles. The fourth-order valence-corrected chi connectivity index (χ4v) is 3.41. The molecular formula is C21H28N3O4+. The van der Waals surface area contributed by atoms with Gasteiger partial charge >= 0.3 is 11.8 Å². The van der Waals surface area contributed by atoms with E-state index in [0.717, 1.165) is 31.7 Å². The zero-order valence-corrected chi connectivity index (χ0v) is 16.0. The molecule has 0 saturated carbocycles. The minimum atomic E-state index is -0.607. The van der Waals surface area contributed by atoms with E-state index >= 15 is 0 Å². The van der Waals surface area contributed by atoms with E-state index in [0.29, 0.717) is 26.3 Å². The summed E-state index contributed by atoms with van der Waals surface area (Å²) in [4.78, 5) is 25.5. The van der Waals surface area contributed by atoms with Gasteiger partial charge in [0, 0.05) is 6.54 Å². The molecule has 1 aliphatic rings. The Morgan fingerprint density at radius 3 is 2.46 bits per heavy atom. The summed E-state index contributed by atoms with van der Waals surface area (Å²) in [5.41, 5.74) is 1.22. The van der Waals surface area contributed by atoms with Crippen molar-refractivity contribution in [3.8, 4) is 0 Å². The predicted molar refractivity (Wildman–Crippen MR) is 104 cm³/mol. The van der Waals surface area contributed by atoms with E-state index in [2.05, 4.69) is 22.8 Å². The molecule has 2 heterocycles. The van der Waals surface area contributed by atoms with Gasteiger partial charge in [0.2, 0.25) is 0 Å². The number of aryl methyl sites for hydroxylation is 1. The number of ether oxygens (including phenoxy) is 1. The molecule has 3 N–H and O–H groups in total. The van der Waals surface area contributed by atoms with Gasteiger partial charge in [-0.1, -0.05) is 30.3 Å². The molecular weight excluding hydrogens is 358 g/mol. The summed E-state index contributed by atoms with van der Waals surface area (Å²) in [5.74, 6) is -0.396. The van der Waals surface area contributed by atoms with Crippen LogP contribution < -0.4 is 15.5 Å². The molecule has 0 radical (unpaired) electrons. The highest BCUT2D eigenvalue weighted by molar-refractivity contribution is 6.35. The first kappa shape index (κ1) is 20.1. The fourth-order valence-electron chi connectivity index (χ4n) is 3.41. The predicted octanol–water partition coefficient (Wildman–Crippen LogP) is 0.101. The van der Waals surface area contributed by atoms with Crippen LogP contribution in [0.25, 0.3) is 0 Å². The number of hydrogen-bond donors (Lipinski definition) is 3. The summed E-state index contributed by atoms with van der Waals surface area (Å²) in [6.07, 6.45) is 3.28. The van der Waals surface area contributed by atoms with Gasteiger partial charge in [0.1, 0.15) is 13.1 Å². The second-order valence-electron chi connectivity index (χ2n) is 6.89. The number of morpholine rings is 1. The van der Waals surface area contributed by atoms with E-state index in [1.54, 1.807) is 6.26 Å². The van der Waals surface area contributed by atoms with E-state index in [1.165, 1.54) is 10.5 Å². The van der Waals surface area contributed by atoms with Crippen molar-refractivity contribution in [3.63, 3.8) is 0 Å². The van der Waals surface area contributed by atoms with Crippen LogP contribution in [0.5, 0.6) is 0 Å². The number of hydrogen-bond acceptors (Lipinski definition) is 4. The third-order valence-electron chi connectivity index (χ3n) is 4.96. The molecule has 0 bridgehead atoms. The van der Waals surface area contributed by atoms with Gasteiger partial charge in [-0.25, -0.2) is 0 Å². The molecule has 2 aromatic rings. The average molecular weight is 386 g/mol.